The molecule has 6 nitrogen and oxygen atoms in total. The summed E-state index contributed by atoms with van der Waals surface area (Å²) in [4.78, 5) is 19.9. The lowest BCUT2D eigenvalue weighted by Crippen LogP contribution is -2.24. The summed E-state index contributed by atoms with van der Waals surface area (Å²) >= 11 is 0. The van der Waals surface area contributed by atoms with E-state index in [1.807, 2.05) is 53.4 Å². The molecule has 0 N–H and O–H groups in total. The quantitative estimate of drug-likeness (QED) is 0.313. The van der Waals surface area contributed by atoms with Gasteiger partial charge in [-0.25, -0.2) is 4.98 Å². The molecule has 1 aromatic heterocycles. The zero-order valence-electron chi connectivity index (χ0n) is 20.5. The summed E-state index contributed by atoms with van der Waals surface area (Å²) in [6.07, 6.45) is 1.29. The summed E-state index contributed by atoms with van der Waals surface area (Å²) < 4.78 is 13.5. The van der Waals surface area contributed by atoms with Crippen molar-refractivity contribution in [2.75, 3.05) is 25.2 Å². The smallest absolute Gasteiger partial charge is 0.227 e. The Hall–Kier alpha value is -3.80. The van der Waals surface area contributed by atoms with Gasteiger partial charge in [0.25, 0.3) is 0 Å². The van der Waals surface area contributed by atoms with Crippen molar-refractivity contribution in [3.05, 3.63) is 83.7 Å². The number of para-hydroxylation sites is 2. The molecule has 0 radical (unpaired) electrons. The number of imidazole rings is 1. The lowest BCUT2D eigenvalue weighted by atomic mass is 10.1. The van der Waals surface area contributed by atoms with Crippen LogP contribution in [0.2, 0.25) is 0 Å². The lowest BCUT2D eigenvalue weighted by Gasteiger charge is -2.18. The average molecular weight is 470 g/mol. The number of anilines is 1. The highest BCUT2D eigenvalue weighted by Gasteiger charge is 2.34. The lowest BCUT2D eigenvalue weighted by molar-refractivity contribution is -0.117. The number of nitrogens with zero attached hydrogens (tertiary/aromatic N) is 3. The number of methoxy groups -OCH3 is 1. The number of aryl methyl sites for hydroxylation is 3. The number of carbonyl (C=O) groups is 1. The Bertz CT molecular complexity index is 1360. The monoisotopic (exact) mass is 469 g/mol. The maximum absolute atomic E-state index is 13.0. The largest absolute Gasteiger partial charge is 0.497 e. The predicted molar refractivity (Wildman–Crippen MR) is 138 cm³/mol. The van der Waals surface area contributed by atoms with Gasteiger partial charge in [0.15, 0.2) is 0 Å². The van der Waals surface area contributed by atoms with Crippen LogP contribution in [0.15, 0.2) is 66.7 Å². The van der Waals surface area contributed by atoms with Crippen LogP contribution in [-0.4, -0.2) is 35.7 Å². The van der Waals surface area contributed by atoms with E-state index in [-0.39, 0.29) is 11.8 Å². The molecular formula is C29H31N3O3. The third-order valence-corrected chi connectivity index (χ3v) is 6.81. The maximum Gasteiger partial charge on any atom is 0.227 e. The van der Waals surface area contributed by atoms with Crippen molar-refractivity contribution in [2.45, 2.75) is 39.2 Å². The summed E-state index contributed by atoms with van der Waals surface area (Å²) in [5.74, 6) is 2.76. The fraction of sp³-hybridized carbons (Fsp3) is 0.310. The van der Waals surface area contributed by atoms with E-state index in [1.54, 1.807) is 7.11 Å². The van der Waals surface area contributed by atoms with Crippen molar-refractivity contribution in [1.82, 2.24) is 9.55 Å². The van der Waals surface area contributed by atoms with E-state index in [2.05, 4.69) is 36.6 Å². The Morgan fingerprint density at radius 2 is 1.80 bits per heavy atom. The molecule has 3 aromatic carbocycles. The van der Waals surface area contributed by atoms with Gasteiger partial charge < -0.3 is 18.9 Å². The molecule has 1 unspecified atom stereocenters. The van der Waals surface area contributed by atoms with Gasteiger partial charge in [-0.2, -0.15) is 0 Å². The molecular weight excluding hydrogens is 438 g/mol. The molecule has 35 heavy (non-hydrogen) atoms. The van der Waals surface area contributed by atoms with Gasteiger partial charge in [-0.1, -0.05) is 24.3 Å². The Morgan fingerprint density at radius 3 is 2.63 bits per heavy atom. The van der Waals surface area contributed by atoms with E-state index < -0.39 is 0 Å². The standard InChI is InChI=1S/C29H31N3O3/c1-20-12-13-23(16-21(20)2)32-19-22(17-28(32)33)29-30-26-10-4-5-11-27(26)31(29)14-7-15-35-25-9-6-8-24(18-25)34-3/h4-6,8-13,16,18,22H,7,14-15,17,19H2,1-3H3. The minimum Gasteiger partial charge on any atom is -0.497 e. The van der Waals surface area contributed by atoms with Crippen molar-refractivity contribution in [3.63, 3.8) is 0 Å². The predicted octanol–water partition coefficient (Wildman–Crippen LogP) is 5.65. The van der Waals surface area contributed by atoms with E-state index in [4.69, 9.17) is 14.5 Å². The first kappa shape index (κ1) is 23.0. The molecule has 4 aromatic rings. The number of ether oxygens (including phenoxy) is 2. The van der Waals surface area contributed by atoms with E-state index in [1.165, 1.54) is 11.1 Å². The Balaban J connectivity index is 1.34. The van der Waals surface area contributed by atoms with Crippen molar-refractivity contribution in [3.8, 4) is 11.5 Å². The fourth-order valence-electron chi connectivity index (χ4n) is 4.77. The molecule has 1 aliphatic rings. The summed E-state index contributed by atoms with van der Waals surface area (Å²) in [6, 6.07) is 22.1. The summed E-state index contributed by atoms with van der Waals surface area (Å²) in [7, 11) is 1.65. The topological polar surface area (TPSA) is 56.6 Å². The zero-order valence-corrected chi connectivity index (χ0v) is 20.5. The molecule has 2 heterocycles. The number of rotatable bonds is 8. The Morgan fingerprint density at radius 1 is 0.971 bits per heavy atom. The van der Waals surface area contributed by atoms with Crippen molar-refractivity contribution >= 4 is 22.6 Å². The third-order valence-electron chi connectivity index (χ3n) is 6.81. The molecule has 0 bridgehead atoms. The van der Waals surface area contributed by atoms with Gasteiger partial charge >= 0.3 is 0 Å². The first-order valence-corrected chi connectivity index (χ1v) is 12.1. The minimum atomic E-state index is 0.0517. The van der Waals surface area contributed by atoms with E-state index in [0.717, 1.165) is 47.0 Å². The van der Waals surface area contributed by atoms with Gasteiger partial charge in [-0.3, -0.25) is 4.79 Å². The molecule has 1 amide bonds. The molecule has 5 rings (SSSR count). The number of aromatic nitrogens is 2. The zero-order chi connectivity index (χ0) is 24.4. The normalized spacial score (nSPS) is 15.7. The van der Waals surface area contributed by atoms with Crippen molar-refractivity contribution < 1.29 is 14.3 Å². The second-order valence-corrected chi connectivity index (χ2v) is 9.17. The van der Waals surface area contributed by atoms with E-state index >= 15 is 0 Å². The number of hydrogen-bond donors (Lipinski definition) is 0. The Kier molecular flexibility index (Phi) is 6.45. The van der Waals surface area contributed by atoms with E-state index in [0.29, 0.717) is 19.6 Å². The highest BCUT2D eigenvalue weighted by Crippen LogP contribution is 2.34. The Labute approximate surface area is 206 Å². The second kappa shape index (κ2) is 9.82. The molecule has 1 fully saturated rings. The summed E-state index contributed by atoms with van der Waals surface area (Å²) in [6.45, 7) is 6.18. The molecule has 1 aliphatic heterocycles. The number of hydrogen-bond acceptors (Lipinski definition) is 4. The van der Waals surface area contributed by atoms with Gasteiger partial charge in [0.05, 0.1) is 24.8 Å². The van der Waals surface area contributed by atoms with Crippen LogP contribution in [0.3, 0.4) is 0 Å². The fourth-order valence-corrected chi connectivity index (χ4v) is 4.77. The SMILES string of the molecule is COc1cccc(OCCCn2c(C3CC(=O)N(c4ccc(C)c(C)c4)C3)nc3ccccc32)c1. The second-order valence-electron chi connectivity index (χ2n) is 9.17. The maximum atomic E-state index is 13.0. The average Bonchev–Trinajstić information content (AvgIpc) is 3.44. The van der Waals surface area contributed by atoms with Crippen LogP contribution in [0.1, 0.15) is 35.7 Å². The highest BCUT2D eigenvalue weighted by atomic mass is 16.5. The minimum absolute atomic E-state index is 0.0517. The number of carbonyl (C=O) groups excluding carboxylic acids is 1. The molecule has 0 aliphatic carbocycles. The number of fused-ring (bicyclic) bond motifs is 1. The van der Waals surface area contributed by atoms with Gasteiger partial charge in [0.1, 0.15) is 17.3 Å². The van der Waals surface area contributed by atoms with Crippen LogP contribution in [0.5, 0.6) is 11.5 Å². The summed E-state index contributed by atoms with van der Waals surface area (Å²) in [5, 5.41) is 0. The van der Waals surface area contributed by atoms with Crippen LogP contribution in [0.4, 0.5) is 5.69 Å². The molecule has 1 saturated heterocycles. The van der Waals surface area contributed by atoms with Gasteiger partial charge in [0, 0.05) is 37.2 Å². The number of amides is 1. The molecule has 180 valence electrons. The molecule has 0 saturated carbocycles. The number of benzene rings is 3. The first-order chi connectivity index (χ1) is 17.0. The van der Waals surface area contributed by atoms with Gasteiger partial charge in [-0.15, -0.1) is 0 Å². The van der Waals surface area contributed by atoms with Crippen LogP contribution in [-0.2, 0) is 11.3 Å². The van der Waals surface area contributed by atoms with Gasteiger partial charge in [0.2, 0.25) is 5.91 Å². The van der Waals surface area contributed by atoms with Crippen molar-refractivity contribution in [1.29, 1.82) is 0 Å². The highest BCUT2D eigenvalue weighted by molar-refractivity contribution is 5.96. The van der Waals surface area contributed by atoms with Crippen molar-refractivity contribution in [2.24, 2.45) is 0 Å². The first-order valence-electron chi connectivity index (χ1n) is 12.1. The summed E-state index contributed by atoms with van der Waals surface area (Å²) in [5.41, 5.74) is 5.46. The molecule has 1 atom stereocenters. The van der Waals surface area contributed by atoms with E-state index in [9.17, 15) is 4.79 Å². The van der Waals surface area contributed by atoms with Crippen LogP contribution < -0.4 is 14.4 Å². The van der Waals surface area contributed by atoms with Gasteiger partial charge in [-0.05, 0) is 67.8 Å². The molecule has 0 spiro atoms. The van der Waals surface area contributed by atoms with Crippen LogP contribution in [0.25, 0.3) is 11.0 Å². The third kappa shape index (κ3) is 4.74. The van der Waals surface area contributed by atoms with Crippen LogP contribution >= 0.6 is 0 Å². The molecule has 6 heteroatoms. The van der Waals surface area contributed by atoms with Crippen LogP contribution in [0, 0.1) is 13.8 Å².